The lowest BCUT2D eigenvalue weighted by Crippen LogP contribution is -1.91. The third-order valence-corrected chi connectivity index (χ3v) is 1.50. The van der Waals surface area contributed by atoms with Crippen LogP contribution in [0.3, 0.4) is 0 Å². The SMILES string of the molecule is O=C(O)c1cc(-c2ccn[nH]2)no1. The second kappa shape index (κ2) is 2.74. The predicted molar refractivity (Wildman–Crippen MR) is 41.0 cm³/mol. The Morgan fingerprint density at radius 2 is 2.46 bits per heavy atom. The minimum absolute atomic E-state index is 0.190. The van der Waals surface area contributed by atoms with Crippen LogP contribution in [0.4, 0.5) is 0 Å². The van der Waals surface area contributed by atoms with Crippen LogP contribution in [-0.2, 0) is 0 Å². The maximum absolute atomic E-state index is 10.4. The van der Waals surface area contributed by atoms with Gasteiger partial charge in [-0.1, -0.05) is 5.16 Å². The van der Waals surface area contributed by atoms with E-state index in [0.29, 0.717) is 11.4 Å². The molecule has 0 radical (unpaired) electrons. The normalized spacial score (nSPS) is 10.2. The lowest BCUT2D eigenvalue weighted by atomic mass is 10.3. The first-order valence-electron chi connectivity index (χ1n) is 3.47. The van der Waals surface area contributed by atoms with Crippen LogP contribution in [0, 0.1) is 0 Å². The quantitative estimate of drug-likeness (QED) is 0.710. The van der Waals surface area contributed by atoms with Crippen LogP contribution in [0.25, 0.3) is 11.4 Å². The molecule has 0 bridgehead atoms. The van der Waals surface area contributed by atoms with Crippen molar-refractivity contribution in [2.24, 2.45) is 0 Å². The molecule has 0 atom stereocenters. The summed E-state index contributed by atoms with van der Waals surface area (Å²) in [7, 11) is 0. The molecule has 0 saturated heterocycles. The zero-order valence-corrected chi connectivity index (χ0v) is 6.39. The van der Waals surface area contributed by atoms with E-state index in [1.54, 1.807) is 12.3 Å². The molecule has 2 aromatic heterocycles. The Labute approximate surface area is 72.2 Å². The molecular formula is C7H5N3O3. The summed E-state index contributed by atoms with van der Waals surface area (Å²) in [5.41, 5.74) is 1.05. The van der Waals surface area contributed by atoms with E-state index < -0.39 is 5.97 Å². The van der Waals surface area contributed by atoms with Crippen molar-refractivity contribution < 1.29 is 14.4 Å². The summed E-state index contributed by atoms with van der Waals surface area (Å²) in [5.74, 6) is -1.33. The van der Waals surface area contributed by atoms with Crippen LogP contribution in [0.15, 0.2) is 22.9 Å². The Hall–Kier alpha value is -2.11. The summed E-state index contributed by atoms with van der Waals surface area (Å²) in [6.07, 6.45) is 1.55. The topological polar surface area (TPSA) is 92.0 Å². The van der Waals surface area contributed by atoms with Gasteiger partial charge in [0.15, 0.2) is 0 Å². The first kappa shape index (κ1) is 7.53. The number of nitrogens with one attached hydrogen (secondary N) is 1. The van der Waals surface area contributed by atoms with Gasteiger partial charge in [-0.05, 0) is 6.07 Å². The molecule has 13 heavy (non-hydrogen) atoms. The summed E-state index contributed by atoms with van der Waals surface area (Å²) < 4.78 is 4.55. The summed E-state index contributed by atoms with van der Waals surface area (Å²) in [6.45, 7) is 0. The fourth-order valence-corrected chi connectivity index (χ4v) is 0.901. The Kier molecular flexibility index (Phi) is 1.59. The van der Waals surface area contributed by atoms with Crippen molar-refractivity contribution in [2.75, 3.05) is 0 Å². The van der Waals surface area contributed by atoms with Crippen molar-refractivity contribution in [1.29, 1.82) is 0 Å². The van der Waals surface area contributed by atoms with Crippen molar-refractivity contribution in [2.45, 2.75) is 0 Å². The van der Waals surface area contributed by atoms with E-state index >= 15 is 0 Å². The fraction of sp³-hybridized carbons (Fsp3) is 0. The van der Waals surface area contributed by atoms with Gasteiger partial charge in [-0.25, -0.2) is 4.79 Å². The Balaban J connectivity index is 2.39. The number of rotatable bonds is 2. The minimum atomic E-state index is -1.14. The summed E-state index contributed by atoms with van der Waals surface area (Å²) >= 11 is 0. The first-order valence-corrected chi connectivity index (χ1v) is 3.47. The van der Waals surface area contributed by atoms with E-state index in [0.717, 1.165) is 0 Å². The summed E-state index contributed by atoms with van der Waals surface area (Å²) in [6, 6.07) is 3.00. The summed E-state index contributed by atoms with van der Waals surface area (Å²) in [5, 5.41) is 18.4. The zero-order chi connectivity index (χ0) is 9.26. The van der Waals surface area contributed by atoms with Gasteiger partial charge >= 0.3 is 5.97 Å². The number of carbonyl (C=O) groups is 1. The van der Waals surface area contributed by atoms with Crippen LogP contribution >= 0.6 is 0 Å². The molecule has 2 heterocycles. The van der Waals surface area contributed by atoms with Gasteiger partial charge in [0.25, 0.3) is 0 Å². The van der Waals surface area contributed by atoms with E-state index in [-0.39, 0.29) is 5.76 Å². The molecule has 0 saturated carbocycles. The smallest absolute Gasteiger partial charge is 0.374 e. The van der Waals surface area contributed by atoms with Gasteiger partial charge in [-0.2, -0.15) is 5.10 Å². The lowest BCUT2D eigenvalue weighted by Gasteiger charge is -1.82. The average molecular weight is 179 g/mol. The first-order chi connectivity index (χ1) is 6.27. The number of aromatic nitrogens is 3. The molecule has 6 nitrogen and oxygen atoms in total. The highest BCUT2D eigenvalue weighted by molar-refractivity contribution is 5.85. The molecule has 2 aromatic rings. The number of carboxylic acid groups (broad SMARTS) is 1. The maximum atomic E-state index is 10.4. The van der Waals surface area contributed by atoms with Gasteiger partial charge in [-0.15, -0.1) is 0 Å². The molecule has 0 spiro atoms. The molecule has 66 valence electrons. The van der Waals surface area contributed by atoms with Gasteiger partial charge in [0, 0.05) is 12.3 Å². The zero-order valence-electron chi connectivity index (χ0n) is 6.39. The molecule has 0 aromatic carbocycles. The molecule has 0 aliphatic heterocycles. The molecule has 0 amide bonds. The largest absolute Gasteiger partial charge is 0.475 e. The highest BCUT2D eigenvalue weighted by Gasteiger charge is 2.12. The standard InChI is InChI=1S/C7H5N3O3/c11-7(12)6-3-5(10-13-6)4-1-2-8-9-4/h1-3H,(H,8,9)(H,11,12). The van der Waals surface area contributed by atoms with Crippen LogP contribution in [0.1, 0.15) is 10.6 Å². The second-order valence-electron chi connectivity index (χ2n) is 2.35. The second-order valence-corrected chi connectivity index (χ2v) is 2.35. The maximum Gasteiger partial charge on any atom is 0.374 e. The van der Waals surface area contributed by atoms with Gasteiger partial charge in [0.2, 0.25) is 5.76 Å². The van der Waals surface area contributed by atoms with Crippen molar-refractivity contribution in [3.63, 3.8) is 0 Å². The van der Waals surface area contributed by atoms with Gasteiger partial charge in [0.05, 0.1) is 5.69 Å². The van der Waals surface area contributed by atoms with Crippen LogP contribution in [0.2, 0.25) is 0 Å². The predicted octanol–water partition coefficient (Wildman–Crippen LogP) is 0.763. The number of carboxylic acids is 1. The van der Waals surface area contributed by atoms with Crippen molar-refractivity contribution in [3.8, 4) is 11.4 Å². The molecule has 2 rings (SSSR count). The van der Waals surface area contributed by atoms with Crippen molar-refractivity contribution in [1.82, 2.24) is 15.4 Å². The van der Waals surface area contributed by atoms with Gasteiger partial charge in [0.1, 0.15) is 5.69 Å². The number of aromatic carboxylic acids is 1. The van der Waals surface area contributed by atoms with Gasteiger partial charge < -0.3 is 9.63 Å². The Bertz CT molecular complexity index is 418. The fourth-order valence-electron chi connectivity index (χ4n) is 0.901. The number of nitrogens with zero attached hydrogens (tertiary/aromatic N) is 2. The molecule has 2 N–H and O–H groups in total. The van der Waals surface area contributed by atoms with E-state index in [1.807, 2.05) is 0 Å². The third kappa shape index (κ3) is 1.28. The van der Waals surface area contributed by atoms with Gasteiger partial charge in [-0.3, -0.25) is 5.10 Å². The van der Waals surface area contributed by atoms with E-state index in [9.17, 15) is 4.79 Å². The minimum Gasteiger partial charge on any atom is -0.475 e. The van der Waals surface area contributed by atoms with Crippen molar-refractivity contribution >= 4 is 5.97 Å². The number of hydrogen-bond donors (Lipinski definition) is 2. The molecule has 0 unspecified atom stereocenters. The van der Waals surface area contributed by atoms with E-state index in [1.165, 1.54) is 6.07 Å². The monoisotopic (exact) mass is 179 g/mol. The average Bonchev–Trinajstić information content (AvgIpc) is 2.75. The number of H-pyrrole nitrogens is 1. The Morgan fingerprint density at radius 1 is 1.62 bits per heavy atom. The number of aromatic amines is 1. The highest BCUT2D eigenvalue weighted by atomic mass is 16.5. The highest BCUT2D eigenvalue weighted by Crippen LogP contribution is 2.15. The lowest BCUT2D eigenvalue weighted by molar-refractivity contribution is 0.0652. The van der Waals surface area contributed by atoms with E-state index in [4.69, 9.17) is 5.11 Å². The molecule has 6 heteroatoms. The Morgan fingerprint density at radius 3 is 3.00 bits per heavy atom. The molecule has 0 aliphatic carbocycles. The third-order valence-electron chi connectivity index (χ3n) is 1.50. The molecule has 0 aliphatic rings. The molecular weight excluding hydrogens is 174 g/mol. The van der Waals surface area contributed by atoms with Crippen LogP contribution in [-0.4, -0.2) is 26.4 Å². The van der Waals surface area contributed by atoms with Crippen LogP contribution < -0.4 is 0 Å². The van der Waals surface area contributed by atoms with E-state index in [2.05, 4.69) is 19.9 Å². The van der Waals surface area contributed by atoms with Crippen LogP contribution in [0.5, 0.6) is 0 Å². The molecule has 0 fully saturated rings. The summed E-state index contributed by atoms with van der Waals surface area (Å²) in [4.78, 5) is 10.4. The van der Waals surface area contributed by atoms with Crippen molar-refractivity contribution in [3.05, 3.63) is 24.1 Å². The number of hydrogen-bond acceptors (Lipinski definition) is 4.